The van der Waals surface area contributed by atoms with Crippen molar-refractivity contribution < 1.29 is 28.6 Å². The maximum Gasteiger partial charge on any atom is 0.306 e. The van der Waals surface area contributed by atoms with Gasteiger partial charge in [0.25, 0.3) is 0 Å². The van der Waals surface area contributed by atoms with E-state index in [1.165, 1.54) is 205 Å². The number of esters is 3. The van der Waals surface area contributed by atoms with Gasteiger partial charge in [0.15, 0.2) is 6.10 Å². The number of carbonyl (C=O) groups excluding carboxylic acids is 3. The van der Waals surface area contributed by atoms with Crippen LogP contribution in [-0.4, -0.2) is 37.2 Å². The molecule has 0 aromatic carbocycles. The van der Waals surface area contributed by atoms with Gasteiger partial charge in [0, 0.05) is 19.3 Å². The molecule has 0 heterocycles. The van der Waals surface area contributed by atoms with Gasteiger partial charge in [-0.2, -0.15) is 0 Å². The Morgan fingerprint density at radius 2 is 0.506 bits per heavy atom. The zero-order valence-corrected chi connectivity index (χ0v) is 51.5. The molecule has 6 nitrogen and oxygen atoms in total. The first-order valence-electron chi connectivity index (χ1n) is 33.8. The highest BCUT2D eigenvalue weighted by Crippen LogP contribution is 2.18. The Morgan fingerprint density at radius 3 is 0.792 bits per heavy atom. The molecule has 0 rings (SSSR count). The highest BCUT2D eigenvalue weighted by molar-refractivity contribution is 5.71. The summed E-state index contributed by atoms with van der Waals surface area (Å²) in [5, 5.41) is 0. The summed E-state index contributed by atoms with van der Waals surface area (Å²) >= 11 is 0. The predicted octanol–water partition coefficient (Wildman–Crippen LogP) is 23.1. The van der Waals surface area contributed by atoms with Crippen molar-refractivity contribution in [3.05, 3.63) is 60.8 Å². The predicted molar refractivity (Wildman–Crippen MR) is 335 cm³/mol. The van der Waals surface area contributed by atoms with E-state index in [9.17, 15) is 14.4 Å². The van der Waals surface area contributed by atoms with Crippen molar-refractivity contribution >= 4 is 17.9 Å². The van der Waals surface area contributed by atoms with Crippen LogP contribution in [-0.2, 0) is 28.6 Å². The summed E-state index contributed by atoms with van der Waals surface area (Å²) < 4.78 is 16.9. The molecular formula is C71H128O6. The van der Waals surface area contributed by atoms with Crippen LogP contribution in [0.1, 0.15) is 355 Å². The lowest BCUT2D eigenvalue weighted by atomic mass is 10.0. The highest BCUT2D eigenvalue weighted by Gasteiger charge is 2.19. The molecule has 0 amide bonds. The Hall–Kier alpha value is -2.89. The van der Waals surface area contributed by atoms with Crippen LogP contribution in [0.3, 0.4) is 0 Å². The van der Waals surface area contributed by atoms with E-state index in [0.717, 1.165) is 109 Å². The first-order valence-corrected chi connectivity index (χ1v) is 33.8. The number of hydrogen-bond acceptors (Lipinski definition) is 6. The molecule has 0 saturated heterocycles. The van der Waals surface area contributed by atoms with Crippen molar-refractivity contribution in [1.29, 1.82) is 0 Å². The summed E-state index contributed by atoms with van der Waals surface area (Å²) in [6.07, 6.45) is 83.9. The number of unbranched alkanes of at least 4 members (excludes halogenated alkanes) is 41. The second-order valence-electron chi connectivity index (χ2n) is 22.7. The van der Waals surface area contributed by atoms with Crippen molar-refractivity contribution in [2.24, 2.45) is 0 Å². The van der Waals surface area contributed by atoms with Gasteiger partial charge in [-0.3, -0.25) is 14.4 Å². The molecule has 1 atom stereocenters. The van der Waals surface area contributed by atoms with E-state index in [1.807, 2.05) is 0 Å². The third-order valence-electron chi connectivity index (χ3n) is 15.0. The van der Waals surface area contributed by atoms with Crippen molar-refractivity contribution in [2.75, 3.05) is 13.2 Å². The zero-order chi connectivity index (χ0) is 55.7. The van der Waals surface area contributed by atoms with Crippen molar-refractivity contribution in [1.82, 2.24) is 0 Å². The number of carbonyl (C=O) groups is 3. The molecule has 0 fully saturated rings. The van der Waals surface area contributed by atoms with E-state index in [2.05, 4.69) is 81.5 Å². The molecule has 1 unspecified atom stereocenters. The summed E-state index contributed by atoms with van der Waals surface area (Å²) in [5.41, 5.74) is 0. The second kappa shape index (κ2) is 65.6. The molecule has 0 aromatic heterocycles. The van der Waals surface area contributed by atoms with Crippen LogP contribution in [0.2, 0.25) is 0 Å². The second-order valence-corrected chi connectivity index (χ2v) is 22.7. The maximum atomic E-state index is 12.9. The van der Waals surface area contributed by atoms with Gasteiger partial charge in [-0.1, -0.05) is 332 Å². The first kappa shape index (κ1) is 74.1. The quantitative estimate of drug-likeness (QED) is 0.0261. The lowest BCUT2D eigenvalue weighted by Crippen LogP contribution is -2.30. The van der Waals surface area contributed by atoms with E-state index in [1.54, 1.807) is 0 Å². The minimum Gasteiger partial charge on any atom is -0.462 e. The molecule has 77 heavy (non-hydrogen) atoms. The largest absolute Gasteiger partial charge is 0.462 e. The fourth-order valence-corrected chi connectivity index (χ4v) is 10.0. The summed E-state index contributed by atoms with van der Waals surface area (Å²) in [5.74, 6) is -0.877. The van der Waals surface area contributed by atoms with E-state index in [0.29, 0.717) is 19.3 Å². The Morgan fingerprint density at radius 1 is 0.273 bits per heavy atom. The van der Waals surface area contributed by atoms with Crippen LogP contribution in [0.25, 0.3) is 0 Å². The van der Waals surface area contributed by atoms with E-state index < -0.39 is 6.10 Å². The summed E-state index contributed by atoms with van der Waals surface area (Å²) in [6, 6.07) is 0. The molecule has 0 radical (unpaired) electrons. The smallest absolute Gasteiger partial charge is 0.306 e. The van der Waals surface area contributed by atoms with Crippen molar-refractivity contribution in [3.8, 4) is 0 Å². The fourth-order valence-electron chi connectivity index (χ4n) is 10.0. The van der Waals surface area contributed by atoms with Gasteiger partial charge >= 0.3 is 17.9 Å². The lowest BCUT2D eigenvalue weighted by molar-refractivity contribution is -0.167. The number of hydrogen-bond donors (Lipinski definition) is 0. The molecule has 0 aliphatic carbocycles. The molecular weight excluding hydrogens is 949 g/mol. The number of rotatable bonds is 62. The molecule has 0 bridgehead atoms. The molecule has 0 saturated carbocycles. The third kappa shape index (κ3) is 63.8. The van der Waals surface area contributed by atoms with Crippen LogP contribution in [0.4, 0.5) is 0 Å². The van der Waals surface area contributed by atoms with Gasteiger partial charge in [0.05, 0.1) is 0 Å². The minimum absolute atomic E-state index is 0.0778. The van der Waals surface area contributed by atoms with Gasteiger partial charge in [0.1, 0.15) is 13.2 Å². The Balaban J connectivity index is 4.22. The molecule has 0 aliphatic heterocycles. The van der Waals surface area contributed by atoms with E-state index in [4.69, 9.17) is 14.2 Å². The van der Waals surface area contributed by atoms with Crippen LogP contribution in [0.15, 0.2) is 60.8 Å². The van der Waals surface area contributed by atoms with Crippen molar-refractivity contribution in [3.63, 3.8) is 0 Å². The van der Waals surface area contributed by atoms with E-state index in [-0.39, 0.29) is 31.1 Å². The number of ether oxygens (including phenoxy) is 3. The normalized spacial score (nSPS) is 12.4. The lowest BCUT2D eigenvalue weighted by Gasteiger charge is -2.18. The average molecular weight is 1080 g/mol. The molecule has 6 heteroatoms. The SMILES string of the molecule is CC/C=C\C/C=C\C/C=C\C/C=C\C/C=C\CCCCCCCC(=O)OC(COC(=O)CCCCCCCCCCCCC)COC(=O)CCCCCCCCCCCCCCCCCCCCCCCCCCCCC. The standard InChI is InChI=1S/C71H128O6/c1-4-7-10-13-16-19-22-24-26-28-30-32-33-34-35-36-37-39-40-42-44-46-49-52-55-58-61-64-70(73)76-67-68(66-75-69(72)63-60-57-54-51-48-21-18-15-12-9-6-3)77-71(74)65-62-59-56-53-50-47-45-43-41-38-31-29-27-25-23-20-17-14-11-8-5-2/h8,11,17,20,25,27,31,38,43,45,68H,4-7,9-10,12-16,18-19,21-24,26,28-30,32-37,39-42,44,46-67H2,1-3H3/b11-8-,20-17-,27-25-,38-31-,45-43-. The Kier molecular flexibility index (Phi) is 63.2. The summed E-state index contributed by atoms with van der Waals surface area (Å²) in [6.45, 7) is 6.56. The van der Waals surface area contributed by atoms with Crippen LogP contribution in [0.5, 0.6) is 0 Å². The molecule has 0 aromatic rings. The van der Waals surface area contributed by atoms with Gasteiger partial charge in [-0.25, -0.2) is 0 Å². The molecule has 0 spiro atoms. The fraction of sp³-hybridized carbons (Fsp3) is 0.817. The summed E-state index contributed by atoms with van der Waals surface area (Å²) in [7, 11) is 0. The Bertz CT molecular complexity index is 1380. The maximum absolute atomic E-state index is 12.9. The van der Waals surface area contributed by atoms with Crippen LogP contribution >= 0.6 is 0 Å². The first-order chi connectivity index (χ1) is 38.0. The minimum atomic E-state index is -0.782. The van der Waals surface area contributed by atoms with Crippen LogP contribution < -0.4 is 0 Å². The van der Waals surface area contributed by atoms with Crippen LogP contribution in [0, 0.1) is 0 Å². The monoisotopic (exact) mass is 1080 g/mol. The topological polar surface area (TPSA) is 78.9 Å². The zero-order valence-electron chi connectivity index (χ0n) is 51.5. The molecule has 0 aliphatic rings. The van der Waals surface area contributed by atoms with Crippen molar-refractivity contribution in [2.45, 2.75) is 361 Å². The van der Waals surface area contributed by atoms with E-state index >= 15 is 0 Å². The van der Waals surface area contributed by atoms with Gasteiger partial charge in [-0.05, 0) is 64.2 Å². The average Bonchev–Trinajstić information content (AvgIpc) is 3.43. The molecule has 0 N–H and O–H groups in total. The van der Waals surface area contributed by atoms with Gasteiger partial charge in [-0.15, -0.1) is 0 Å². The summed E-state index contributed by atoms with van der Waals surface area (Å²) in [4.78, 5) is 38.3. The Labute approximate surface area is 479 Å². The van der Waals surface area contributed by atoms with Gasteiger partial charge < -0.3 is 14.2 Å². The third-order valence-corrected chi connectivity index (χ3v) is 15.0. The number of allylic oxidation sites excluding steroid dienone is 10. The highest BCUT2D eigenvalue weighted by atomic mass is 16.6. The molecule has 448 valence electrons. The van der Waals surface area contributed by atoms with Gasteiger partial charge in [0.2, 0.25) is 0 Å².